The van der Waals surface area contributed by atoms with Gasteiger partial charge in [-0.15, -0.1) is 0 Å². The molecule has 0 saturated carbocycles. The van der Waals surface area contributed by atoms with E-state index in [2.05, 4.69) is 8.37 Å². The SMILES string of the molecule is O=S(=O)(OC1CCOS(O)(O)C1)C(F)(F)F. The van der Waals surface area contributed by atoms with E-state index in [1.807, 2.05) is 0 Å². The lowest BCUT2D eigenvalue weighted by molar-refractivity contribution is -0.0578. The van der Waals surface area contributed by atoms with Crippen LogP contribution in [0.2, 0.25) is 0 Å². The lowest BCUT2D eigenvalue weighted by atomic mass is 10.3. The Kier molecular flexibility index (Phi) is 3.77. The van der Waals surface area contributed by atoms with Gasteiger partial charge in [-0.3, -0.25) is 8.37 Å². The predicted octanol–water partition coefficient (Wildman–Crippen LogP) is 1.31. The van der Waals surface area contributed by atoms with Crippen molar-refractivity contribution in [2.45, 2.75) is 18.0 Å². The second kappa shape index (κ2) is 4.31. The normalized spacial score (nSPS) is 28.7. The molecule has 0 spiro atoms. The molecule has 2 N–H and O–H groups in total. The Bertz CT molecular complexity index is 350. The molecule has 0 aromatic carbocycles. The maximum atomic E-state index is 11.9. The Balaban J connectivity index is 2.69. The summed E-state index contributed by atoms with van der Waals surface area (Å²) in [6, 6.07) is 0. The van der Waals surface area contributed by atoms with Crippen molar-refractivity contribution in [1.82, 2.24) is 0 Å². The summed E-state index contributed by atoms with van der Waals surface area (Å²) in [6.07, 6.45) is -1.60. The van der Waals surface area contributed by atoms with Crippen molar-refractivity contribution < 1.29 is 39.1 Å². The quantitative estimate of drug-likeness (QED) is 0.587. The largest absolute Gasteiger partial charge is 0.523 e. The fourth-order valence-electron chi connectivity index (χ4n) is 0.996. The lowest BCUT2D eigenvalue weighted by Gasteiger charge is -2.34. The number of alkyl halides is 3. The highest BCUT2D eigenvalue weighted by molar-refractivity contribution is 8.20. The third-order valence-electron chi connectivity index (χ3n) is 1.66. The molecule has 0 aromatic heterocycles. The van der Waals surface area contributed by atoms with E-state index in [0.29, 0.717) is 0 Å². The van der Waals surface area contributed by atoms with Gasteiger partial charge in [-0.1, -0.05) is 0 Å². The van der Waals surface area contributed by atoms with E-state index in [0.717, 1.165) is 0 Å². The zero-order valence-electron chi connectivity index (χ0n) is 7.68. The molecule has 1 saturated heterocycles. The summed E-state index contributed by atoms with van der Waals surface area (Å²) in [4.78, 5) is 0. The van der Waals surface area contributed by atoms with Crippen LogP contribution in [-0.2, 0) is 18.5 Å². The van der Waals surface area contributed by atoms with Gasteiger partial charge in [0.05, 0.1) is 29.3 Å². The third-order valence-corrected chi connectivity index (χ3v) is 4.10. The molecule has 1 atom stereocenters. The molecular weight excluding hydrogens is 277 g/mol. The Morgan fingerprint density at radius 1 is 1.38 bits per heavy atom. The Morgan fingerprint density at radius 3 is 2.38 bits per heavy atom. The molecule has 1 rings (SSSR count). The van der Waals surface area contributed by atoms with Crippen LogP contribution in [0.1, 0.15) is 6.42 Å². The van der Waals surface area contributed by atoms with Crippen LogP contribution in [-0.4, -0.2) is 41.5 Å². The maximum absolute atomic E-state index is 11.9. The molecule has 1 heterocycles. The number of hydrogen-bond acceptors (Lipinski definition) is 6. The minimum Gasteiger partial charge on any atom is -0.308 e. The lowest BCUT2D eigenvalue weighted by Crippen LogP contribution is -2.36. The van der Waals surface area contributed by atoms with Crippen LogP contribution < -0.4 is 0 Å². The van der Waals surface area contributed by atoms with E-state index in [-0.39, 0.29) is 13.0 Å². The molecule has 0 aliphatic carbocycles. The van der Waals surface area contributed by atoms with Crippen LogP contribution in [0.4, 0.5) is 13.2 Å². The smallest absolute Gasteiger partial charge is 0.308 e. The van der Waals surface area contributed by atoms with Gasteiger partial charge in [0, 0.05) is 6.42 Å². The van der Waals surface area contributed by atoms with E-state index in [1.165, 1.54) is 0 Å². The van der Waals surface area contributed by atoms with Crippen molar-refractivity contribution in [2.24, 2.45) is 0 Å². The molecule has 0 bridgehead atoms. The molecule has 1 aliphatic rings. The first-order chi connectivity index (χ1) is 7.04. The van der Waals surface area contributed by atoms with Crippen molar-refractivity contribution in [3.05, 3.63) is 0 Å². The molecular formula is C5H9F3O6S2. The highest BCUT2D eigenvalue weighted by atomic mass is 32.3. The summed E-state index contributed by atoms with van der Waals surface area (Å²) in [7, 11) is -9.22. The second-order valence-electron chi connectivity index (χ2n) is 3.00. The first kappa shape index (κ1) is 14.0. The number of rotatable bonds is 2. The van der Waals surface area contributed by atoms with Gasteiger partial charge in [-0.05, 0) is 0 Å². The fourth-order valence-corrected chi connectivity index (χ4v) is 2.89. The van der Waals surface area contributed by atoms with Crippen LogP contribution in [0.25, 0.3) is 0 Å². The monoisotopic (exact) mass is 286 g/mol. The van der Waals surface area contributed by atoms with Crippen LogP contribution in [0.5, 0.6) is 0 Å². The molecule has 1 aliphatic heterocycles. The topological polar surface area (TPSA) is 93.1 Å². The van der Waals surface area contributed by atoms with E-state index in [9.17, 15) is 21.6 Å². The van der Waals surface area contributed by atoms with Crippen molar-refractivity contribution >= 4 is 21.0 Å². The maximum Gasteiger partial charge on any atom is 0.523 e. The van der Waals surface area contributed by atoms with Crippen LogP contribution in [0, 0.1) is 0 Å². The van der Waals surface area contributed by atoms with Crippen LogP contribution in [0.15, 0.2) is 0 Å². The van der Waals surface area contributed by atoms with E-state index in [4.69, 9.17) is 9.11 Å². The minimum absolute atomic E-state index is 0.162. The average molecular weight is 286 g/mol. The number of hydrogen-bond donors (Lipinski definition) is 2. The summed E-state index contributed by atoms with van der Waals surface area (Å²) < 4.78 is 83.2. The van der Waals surface area contributed by atoms with Gasteiger partial charge in [0.25, 0.3) is 0 Å². The van der Waals surface area contributed by atoms with Crippen molar-refractivity contribution in [3.63, 3.8) is 0 Å². The minimum atomic E-state index is -5.71. The molecule has 11 heteroatoms. The summed E-state index contributed by atoms with van der Waals surface area (Å²) in [5.74, 6) is -0.692. The molecule has 1 fully saturated rings. The van der Waals surface area contributed by atoms with Crippen molar-refractivity contribution in [2.75, 3.05) is 12.4 Å². The van der Waals surface area contributed by atoms with Crippen molar-refractivity contribution in [3.8, 4) is 0 Å². The first-order valence-corrected chi connectivity index (χ1v) is 6.98. The van der Waals surface area contributed by atoms with Crippen molar-refractivity contribution in [1.29, 1.82) is 0 Å². The van der Waals surface area contributed by atoms with Crippen LogP contribution in [0.3, 0.4) is 0 Å². The molecule has 0 amide bonds. The molecule has 0 radical (unpaired) electrons. The third kappa shape index (κ3) is 3.46. The van der Waals surface area contributed by atoms with E-state index >= 15 is 0 Å². The first-order valence-electron chi connectivity index (χ1n) is 3.93. The van der Waals surface area contributed by atoms with Gasteiger partial charge in [-0.25, -0.2) is 0 Å². The predicted molar refractivity (Wildman–Crippen MR) is 48.1 cm³/mol. The van der Waals surface area contributed by atoms with Gasteiger partial charge >= 0.3 is 15.6 Å². The van der Waals surface area contributed by atoms with Gasteiger partial charge in [0.2, 0.25) is 0 Å². The standard InChI is InChI=1S/C5H9F3O6S2/c6-5(7,8)16(11,12)14-4-1-2-13-15(9,10)3-4/h4,9-10H,1-3H2. The second-order valence-corrected chi connectivity index (χ2v) is 6.35. The van der Waals surface area contributed by atoms with Gasteiger partial charge < -0.3 is 9.11 Å². The van der Waals surface area contributed by atoms with Gasteiger partial charge in [0.15, 0.2) is 0 Å². The summed E-state index contributed by atoms with van der Waals surface area (Å²) in [5, 5.41) is 0. The Labute approximate surface area is 91.0 Å². The van der Waals surface area contributed by atoms with Crippen LogP contribution >= 0.6 is 10.9 Å². The zero-order chi connectivity index (χ0) is 12.6. The summed E-state index contributed by atoms with van der Waals surface area (Å²) in [6.45, 7) is -0.277. The Morgan fingerprint density at radius 2 is 1.94 bits per heavy atom. The van der Waals surface area contributed by atoms with E-state index < -0.39 is 38.4 Å². The Hall–Kier alpha value is -0.0700. The molecule has 98 valence electrons. The molecule has 0 aromatic rings. The molecule has 16 heavy (non-hydrogen) atoms. The summed E-state index contributed by atoms with van der Waals surface area (Å²) in [5.41, 5.74) is -5.52. The number of halogens is 3. The zero-order valence-corrected chi connectivity index (χ0v) is 9.31. The molecule has 1 unspecified atom stereocenters. The highest BCUT2D eigenvalue weighted by Crippen LogP contribution is 2.45. The van der Waals surface area contributed by atoms with E-state index in [1.54, 1.807) is 0 Å². The van der Waals surface area contributed by atoms with Gasteiger partial charge in [0.1, 0.15) is 0 Å². The van der Waals surface area contributed by atoms with Gasteiger partial charge in [-0.2, -0.15) is 21.6 Å². The summed E-state index contributed by atoms with van der Waals surface area (Å²) >= 11 is 0. The average Bonchev–Trinajstić information content (AvgIpc) is 1.98. The molecule has 6 nitrogen and oxygen atoms in total. The fraction of sp³-hybridized carbons (Fsp3) is 1.00. The highest BCUT2D eigenvalue weighted by Gasteiger charge is 2.49.